The Balaban J connectivity index is 4.53. The zero-order chi connectivity index (χ0) is 13.2. The van der Waals surface area contributed by atoms with E-state index in [1.54, 1.807) is 0 Å². The Labute approximate surface area is 129 Å². The number of rotatable bonds is 6. The molecule has 0 saturated carbocycles. The van der Waals surface area contributed by atoms with Crippen LogP contribution < -0.4 is 0 Å². The Morgan fingerprint density at radius 1 is 0.625 bits per heavy atom. The van der Waals surface area contributed by atoms with Crippen molar-refractivity contribution in [2.24, 2.45) is 0 Å². The van der Waals surface area contributed by atoms with Gasteiger partial charge in [-0.15, -0.1) is 0 Å². The third-order valence-corrected chi connectivity index (χ3v) is 4.33. The molecule has 0 aliphatic carbocycles. The van der Waals surface area contributed by atoms with Gasteiger partial charge < -0.3 is 11.4 Å². The summed E-state index contributed by atoms with van der Waals surface area (Å²) in [6.07, 6.45) is 0. The second-order valence-corrected chi connectivity index (χ2v) is 9.26. The summed E-state index contributed by atoms with van der Waals surface area (Å²) in [5, 5.41) is 0. The number of alkyl halides is 6. The van der Waals surface area contributed by atoms with Gasteiger partial charge in [-0.05, 0) is 20.8 Å². The molecule has 0 N–H and O–H groups in total. The molecule has 0 aliphatic rings. The summed E-state index contributed by atoms with van der Waals surface area (Å²) in [6, 6.07) is 0. The summed E-state index contributed by atoms with van der Waals surface area (Å²) in [6.45, 7) is 4.13. The van der Waals surface area contributed by atoms with Crippen LogP contribution in [-0.4, -0.2) is 28.7 Å². The Kier molecular flexibility index (Phi) is 7.42. The first-order valence-corrected chi connectivity index (χ1v) is 7.64. The summed E-state index contributed by atoms with van der Waals surface area (Å²) in [4.78, 5) is 0. The summed E-state index contributed by atoms with van der Waals surface area (Å²) >= 11 is 30.9. The monoisotopic (exact) mass is 366 g/mol. The van der Waals surface area contributed by atoms with Gasteiger partial charge in [0, 0.05) is 0 Å². The van der Waals surface area contributed by atoms with E-state index in [-0.39, 0.29) is 0 Å². The maximum Gasteiger partial charge on any atom is 0.911 e. The molecule has 96 valence electrons. The molecule has 0 rings (SSSR count). The molecule has 0 aromatic heterocycles. The fraction of sp³-hybridized carbons (Fsp3) is 1.00. The second-order valence-electron chi connectivity index (χ2n) is 3.07. The summed E-state index contributed by atoms with van der Waals surface area (Å²) < 4.78 is 10.7. The van der Waals surface area contributed by atoms with Crippen molar-refractivity contribution in [3.63, 3.8) is 0 Å². The van der Waals surface area contributed by atoms with Crippen LogP contribution in [0, 0.1) is 0 Å². The predicted octanol–water partition coefficient (Wildman–Crippen LogP) is 4.48. The Morgan fingerprint density at radius 3 is 0.938 bits per heavy atom. The molecule has 0 aliphatic heterocycles. The molecule has 0 aromatic carbocycles. The highest BCUT2D eigenvalue weighted by Gasteiger charge is 2.46. The van der Waals surface area contributed by atoms with E-state index in [0.717, 1.165) is 0 Å². The van der Waals surface area contributed by atoms with E-state index >= 15 is 0 Å². The Bertz CT molecular complexity index is 182. The smallest absolute Gasteiger partial charge is 0.425 e. The second kappa shape index (κ2) is 6.54. The summed E-state index contributed by atoms with van der Waals surface area (Å²) in [7, 11) is 0. The van der Waals surface area contributed by atoms with E-state index in [4.69, 9.17) is 81.0 Å². The third-order valence-electron chi connectivity index (χ3n) is 0.909. The van der Waals surface area contributed by atoms with E-state index in [1.807, 2.05) is 0 Å². The topological polar surface area (TPSA) is 27.7 Å². The molecule has 0 fully saturated rings. The average molecular weight is 369 g/mol. The first-order valence-electron chi connectivity index (χ1n) is 3.95. The van der Waals surface area contributed by atoms with Gasteiger partial charge in [0.2, 0.25) is 0 Å². The van der Waals surface area contributed by atoms with Crippen LogP contribution >= 0.6 is 69.6 Å². The lowest BCUT2D eigenvalue weighted by atomic mass is 10.9. The van der Waals surface area contributed by atoms with Crippen LogP contribution in [0.3, 0.4) is 0 Å². The highest BCUT2D eigenvalue weighted by atomic mass is 35.5. The van der Waals surface area contributed by atoms with Gasteiger partial charge in [-0.1, -0.05) is 69.6 Å². The molecule has 0 bridgehead atoms. The van der Waals surface area contributed by atoms with E-state index in [1.165, 1.54) is 20.8 Å². The maximum atomic E-state index is 5.63. The fourth-order valence-electron chi connectivity index (χ4n) is 0.579. The Hall–Kier alpha value is 2.15. The molecular weight excluding hydrogens is 360 g/mol. The largest absolute Gasteiger partial charge is 0.911 e. The van der Waals surface area contributed by atoms with Gasteiger partial charge >= 0.3 is 15.1 Å². The van der Waals surface area contributed by atoms with Crippen molar-refractivity contribution in [2.45, 2.75) is 34.3 Å². The minimum atomic E-state index is -2.90. The van der Waals surface area contributed by atoms with Crippen molar-refractivity contribution in [1.82, 2.24) is 0 Å². The number of hydrogen-bond donors (Lipinski definition) is 0. The molecule has 0 aromatic rings. The molecule has 0 radical (unpaired) electrons. The fourth-order valence-corrected chi connectivity index (χ4v) is 3.05. The molecule has 3 nitrogen and oxygen atoms in total. The molecule has 0 heterocycles. The standard InChI is InChI=1S/3C2H3Cl2O.Al/c3*1-2(3,4)5;/h3*1H3;/q3*-1;+3. The predicted molar refractivity (Wildman–Crippen MR) is 69.3 cm³/mol. The van der Waals surface area contributed by atoms with E-state index in [2.05, 4.69) is 0 Å². The van der Waals surface area contributed by atoms with Gasteiger partial charge in [-0.3, -0.25) is 0 Å². The molecule has 0 unspecified atom stereocenters. The van der Waals surface area contributed by atoms with E-state index in [9.17, 15) is 0 Å². The summed E-state index contributed by atoms with van der Waals surface area (Å²) in [5.41, 5.74) is 0. The van der Waals surface area contributed by atoms with Crippen LogP contribution in [0.2, 0.25) is 0 Å². The van der Waals surface area contributed by atoms with Crippen molar-refractivity contribution in [2.75, 3.05) is 0 Å². The number of halogens is 6. The molecule has 10 heteroatoms. The molecule has 0 saturated heterocycles. The maximum absolute atomic E-state index is 5.63. The lowest BCUT2D eigenvalue weighted by Crippen LogP contribution is -2.41. The zero-order valence-corrected chi connectivity index (χ0v) is 14.3. The van der Waals surface area contributed by atoms with Crippen LogP contribution in [0.1, 0.15) is 20.8 Å². The Morgan fingerprint density at radius 2 is 0.812 bits per heavy atom. The normalized spacial score (nSPS) is 14.1. The summed E-state index contributed by atoms with van der Waals surface area (Å²) in [5.74, 6) is 0. The minimum absolute atomic E-state index is 1.38. The van der Waals surface area contributed by atoms with Crippen molar-refractivity contribution in [3.8, 4) is 0 Å². The van der Waals surface area contributed by atoms with E-state index < -0.39 is 28.7 Å². The molecule has 0 amide bonds. The average Bonchev–Trinajstić information content (AvgIpc) is 1.70. The van der Waals surface area contributed by atoms with Crippen LogP contribution in [0.4, 0.5) is 0 Å². The van der Waals surface area contributed by atoms with Gasteiger partial charge in [0.25, 0.3) is 0 Å². The van der Waals surface area contributed by atoms with Crippen molar-refractivity contribution in [1.29, 1.82) is 0 Å². The van der Waals surface area contributed by atoms with Crippen LogP contribution in [-0.2, 0) is 11.4 Å². The first kappa shape index (κ1) is 18.2. The zero-order valence-electron chi connectivity index (χ0n) is 8.57. The van der Waals surface area contributed by atoms with Gasteiger partial charge in [-0.2, -0.15) is 0 Å². The van der Waals surface area contributed by atoms with Crippen LogP contribution in [0.5, 0.6) is 0 Å². The van der Waals surface area contributed by atoms with Gasteiger partial charge in [-0.25, -0.2) is 0 Å². The van der Waals surface area contributed by atoms with Gasteiger partial charge in [0.15, 0.2) is 13.6 Å². The highest BCUT2D eigenvalue weighted by Crippen LogP contribution is 2.31. The quantitative estimate of drug-likeness (QED) is 0.511. The van der Waals surface area contributed by atoms with Gasteiger partial charge in [0.1, 0.15) is 0 Å². The molecular formula is C6H9AlCl6O3. The van der Waals surface area contributed by atoms with Crippen molar-refractivity contribution in [3.05, 3.63) is 0 Å². The first-order chi connectivity index (χ1) is 6.79. The van der Waals surface area contributed by atoms with E-state index in [0.29, 0.717) is 0 Å². The molecule has 0 atom stereocenters. The molecule has 0 spiro atoms. The van der Waals surface area contributed by atoms with Crippen molar-refractivity contribution >= 4 is 84.8 Å². The third kappa shape index (κ3) is 12.6. The SMILES string of the molecule is CC(Cl)(Cl)[O][Al]([O]C(C)(Cl)Cl)[O]C(C)(Cl)Cl. The van der Waals surface area contributed by atoms with Gasteiger partial charge in [0.05, 0.1) is 0 Å². The number of hydrogen-bond acceptors (Lipinski definition) is 3. The lowest BCUT2D eigenvalue weighted by Gasteiger charge is -2.27. The lowest BCUT2D eigenvalue weighted by molar-refractivity contribution is 0.0451. The van der Waals surface area contributed by atoms with Crippen molar-refractivity contribution < 1.29 is 11.4 Å². The van der Waals surface area contributed by atoms with Crippen LogP contribution in [0.25, 0.3) is 0 Å². The molecule has 16 heavy (non-hydrogen) atoms. The minimum Gasteiger partial charge on any atom is -0.425 e. The van der Waals surface area contributed by atoms with Crippen LogP contribution in [0.15, 0.2) is 0 Å². The highest BCUT2D eigenvalue weighted by molar-refractivity contribution is 6.54.